The molecule has 0 spiro atoms. The molecule has 2 aromatic carbocycles. The number of para-hydroxylation sites is 1. The Labute approximate surface area is 156 Å². The van der Waals surface area contributed by atoms with Crippen LogP contribution in [0.1, 0.15) is 17.0 Å². The molecular weight excluding hydrogens is 342 g/mol. The molecule has 0 saturated carbocycles. The highest BCUT2D eigenvalue weighted by Crippen LogP contribution is 2.24. The average molecular weight is 361 g/mol. The molecule has 6 heteroatoms. The molecule has 0 bridgehead atoms. The van der Waals surface area contributed by atoms with Gasteiger partial charge in [-0.1, -0.05) is 42.1 Å². The highest BCUT2D eigenvalue weighted by Gasteiger charge is 2.08. The Morgan fingerprint density at radius 2 is 1.69 bits per heavy atom. The van der Waals surface area contributed by atoms with Gasteiger partial charge in [0, 0.05) is 17.1 Å². The van der Waals surface area contributed by atoms with Crippen LogP contribution in [0, 0.1) is 13.8 Å². The first-order chi connectivity index (χ1) is 12.7. The van der Waals surface area contributed by atoms with Gasteiger partial charge in [0.25, 0.3) is 0 Å². The van der Waals surface area contributed by atoms with Crippen LogP contribution in [-0.4, -0.2) is 24.5 Å². The van der Waals surface area contributed by atoms with E-state index < -0.39 is 0 Å². The number of aromatic nitrogens is 5. The Hall–Kier alpha value is -2.86. The molecule has 0 aliphatic heterocycles. The first-order valence-corrected chi connectivity index (χ1v) is 9.40. The molecule has 0 saturated heterocycles. The summed E-state index contributed by atoms with van der Waals surface area (Å²) < 4.78 is 3.98. The maximum atomic E-state index is 4.53. The van der Waals surface area contributed by atoms with Gasteiger partial charge in [-0.3, -0.25) is 4.57 Å². The third-order valence-corrected chi connectivity index (χ3v) is 5.12. The first-order valence-electron chi connectivity index (χ1n) is 8.41. The van der Waals surface area contributed by atoms with Crippen LogP contribution in [0.4, 0.5) is 0 Å². The molecule has 0 aliphatic carbocycles. The van der Waals surface area contributed by atoms with Gasteiger partial charge in [-0.2, -0.15) is 5.10 Å². The van der Waals surface area contributed by atoms with Crippen LogP contribution in [0.2, 0.25) is 0 Å². The topological polar surface area (TPSA) is 48.5 Å². The van der Waals surface area contributed by atoms with Crippen molar-refractivity contribution < 1.29 is 0 Å². The number of rotatable bonds is 5. The summed E-state index contributed by atoms with van der Waals surface area (Å²) in [6.45, 7) is 4.08. The fraction of sp³-hybridized carbons (Fsp3) is 0.150. The number of benzene rings is 2. The molecule has 4 aromatic rings. The van der Waals surface area contributed by atoms with Gasteiger partial charge in [0.1, 0.15) is 6.33 Å². The van der Waals surface area contributed by atoms with E-state index in [-0.39, 0.29) is 0 Å². The second-order valence-corrected chi connectivity index (χ2v) is 7.06. The predicted octanol–water partition coefficient (Wildman–Crippen LogP) is 4.36. The number of thioether (sulfide) groups is 1. The molecular formula is C20H19N5S. The van der Waals surface area contributed by atoms with Crippen LogP contribution in [0.15, 0.2) is 72.1 Å². The van der Waals surface area contributed by atoms with E-state index in [0.717, 1.165) is 33.7 Å². The molecule has 0 amide bonds. The van der Waals surface area contributed by atoms with Gasteiger partial charge in [-0.05, 0) is 49.7 Å². The lowest BCUT2D eigenvalue weighted by Crippen LogP contribution is -1.99. The summed E-state index contributed by atoms with van der Waals surface area (Å²) in [7, 11) is 0. The maximum Gasteiger partial charge on any atom is 0.195 e. The number of hydrogen-bond donors (Lipinski definition) is 0. The van der Waals surface area contributed by atoms with Gasteiger partial charge in [0.15, 0.2) is 5.16 Å². The van der Waals surface area contributed by atoms with Crippen molar-refractivity contribution in [3.8, 4) is 11.4 Å². The summed E-state index contributed by atoms with van der Waals surface area (Å²) >= 11 is 1.68. The lowest BCUT2D eigenvalue weighted by Gasteiger charge is -2.07. The minimum Gasteiger partial charge on any atom is -0.277 e. The zero-order valence-corrected chi connectivity index (χ0v) is 15.5. The van der Waals surface area contributed by atoms with E-state index in [9.17, 15) is 0 Å². The zero-order chi connectivity index (χ0) is 17.9. The highest BCUT2D eigenvalue weighted by atomic mass is 32.2. The van der Waals surface area contributed by atoms with Gasteiger partial charge in [0.05, 0.1) is 11.4 Å². The van der Waals surface area contributed by atoms with Gasteiger partial charge >= 0.3 is 0 Å². The van der Waals surface area contributed by atoms with E-state index in [1.165, 1.54) is 5.56 Å². The molecule has 2 aromatic heterocycles. The number of aryl methyl sites for hydroxylation is 2. The van der Waals surface area contributed by atoms with Crippen LogP contribution in [0.3, 0.4) is 0 Å². The number of hydrogen-bond acceptors (Lipinski definition) is 4. The second kappa shape index (κ2) is 7.17. The monoisotopic (exact) mass is 361 g/mol. The fourth-order valence-corrected chi connectivity index (χ4v) is 3.74. The van der Waals surface area contributed by atoms with Crippen molar-refractivity contribution in [2.75, 3.05) is 0 Å². The third kappa shape index (κ3) is 3.41. The Morgan fingerprint density at radius 1 is 0.923 bits per heavy atom. The normalized spacial score (nSPS) is 11.0. The Balaban J connectivity index is 1.48. The fourth-order valence-electron chi connectivity index (χ4n) is 2.86. The third-order valence-electron chi connectivity index (χ3n) is 4.11. The van der Waals surface area contributed by atoms with Crippen molar-refractivity contribution in [1.82, 2.24) is 24.5 Å². The summed E-state index contributed by atoms with van der Waals surface area (Å²) in [6.07, 6.45) is 1.75. The molecule has 4 rings (SSSR count). The van der Waals surface area contributed by atoms with Crippen molar-refractivity contribution >= 4 is 11.8 Å². The summed E-state index contributed by atoms with van der Waals surface area (Å²) in [5, 5.41) is 13.7. The average Bonchev–Trinajstić information content (AvgIpc) is 3.27. The molecule has 130 valence electrons. The molecule has 0 N–H and O–H groups in total. The molecule has 0 radical (unpaired) electrons. The van der Waals surface area contributed by atoms with Gasteiger partial charge < -0.3 is 0 Å². The van der Waals surface area contributed by atoms with Crippen molar-refractivity contribution in [2.24, 2.45) is 0 Å². The van der Waals surface area contributed by atoms with Crippen LogP contribution >= 0.6 is 11.8 Å². The predicted molar refractivity (Wildman–Crippen MR) is 104 cm³/mol. The maximum absolute atomic E-state index is 4.53. The largest absolute Gasteiger partial charge is 0.277 e. The summed E-state index contributed by atoms with van der Waals surface area (Å²) in [6, 6.07) is 20.7. The van der Waals surface area contributed by atoms with Gasteiger partial charge in [-0.15, -0.1) is 10.2 Å². The van der Waals surface area contributed by atoms with Crippen LogP contribution < -0.4 is 0 Å². The van der Waals surface area contributed by atoms with Crippen molar-refractivity contribution in [1.29, 1.82) is 0 Å². The summed E-state index contributed by atoms with van der Waals surface area (Å²) in [4.78, 5) is 0. The molecule has 0 fully saturated rings. The van der Waals surface area contributed by atoms with Crippen LogP contribution in [-0.2, 0) is 5.75 Å². The Morgan fingerprint density at radius 3 is 2.38 bits per heavy atom. The van der Waals surface area contributed by atoms with Crippen LogP contribution in [0.25, 0.3) is 11.4 Å². The minimum atomic E-state index is 0.836. The molecule has 0 atom stereocenters. The van der Waals surface area contributed by atoms with Gasteiger partial charge in [-0.25, -0.2) is 4.68 Å². The standard InChI is InChI=1S/C20H19N5S/c1-15-12-16(2)25(23-15)19-10-8-17(9-11-19)13-26-20-22-21-14-24(20)18-6-4-3-5-7-18/h3-12,14H,13H2,1-2H3. The molecule has 26 heavy (non-hydrogen) atoms. The molecule has 2 heterocycles. The van der Waals surface area contributed by atoms with E-state index >= 15 is 0 Å². The molecule has 5 nitrogen and oxygen atoms in total. The van der Waals surface area contributed by atoms with E-state index in [1.807, 2.05) is 34.4 Å². The smallest absolute Gasteiger partial charge is 0.195 e. The summed E-state index contributed by atoms with van der Waals surface area (Å²) in [5.74, 6) is 0.836. The summed E-state index contributed by atoms with van der Waals surface area (Å²) in [5.41, 5.74) is 5.56. The van der Waals surface area contributed by atoms with Gasteiger partial charge in [0.2, 0.25) is 0 Å². The van der Waals surface area contributed by atoms with Crippen molar-refractivity contribution in [3.63, 3.8) is 0 Å². The number of nitrogens with zero attached hydrogens (tertiary/aromatic N) is 5. The van der Waals surface area contributed by atoms with E-state index in [1.54, 1.807) is 18.1 Å². The zero-order valence-electron chi connectivity index (χ0n) is 14.7. The van der Waals surface area contributed by atoms with Crippen LogP contribution in [0.5, 0.6) is 0 Å². The Kier molecular flexibility index (Phi) is 4.58. The molecule has 0 unspecified atom stereocenters. The lowest BCUT2D eigenvalue weighted by atomic mass is 10.2. The van der Waals surface area contributed by atoms with Crippen molar-refractivity contribution in [2.45, 2.75) is 24.8 Å². The van der Waals surface area contributed by atoms with E-state index in [4.69, 9.17) is 0 Å². The minimum absolute atomic E-state index is 0.836. The second-order valence-electron chi connectivity index (χ2n) is 6.11. The highest BCUT2D eigenvalue weighted by molar-refractivity contribution is 7.98. The quantitative estimate of drug-likeness (QED) is 0.496. The lowest BCUT2D eigenvalue weighted by molar-refractivity contribution is 0.833. The Bertz CT molecular complexity index is 1000. The van der Waals surface area contributed by atoms with E-state index in [0.29, 0.717) is 0 Å². The van der Waals surface area contributed by atoms with Crippen molar-refractivity contribution in [3.05, 3.63) is 83.9 Å². The SMILES string of the molecule is Cc1cc(C)n(-c2ccc(CSc3nncn3-c3ccccc3)cc2)n1. The van der Waals surface area contributed by atoms with E-state index in [2.05, 4.69) is 64.7 Å². The molecule has 0 aliphatic rings. The first kappa shape index (κ1) is 16.6.